The van der Waals surface area contributed by atoms with E-state index in [9.17, 15) is 9.18 Å². The van der Waals surface area contributed by atoms with Gasteiger partial charge >= 0.3 is 0 Å². The molecule has 0 saturated carbocycles. The minimum atomic E-state index is -0.777. The number of rotatable bonds is 4. The van der Waals surface area contributed by atoms with E-state index in [1.165, 1.54) is 13.2 Å². The number of carbonyl (C=O) groups is 1. The van der Waals surface area contributed by atoms with Crippen LogP contribution in [0.5, 0.6) is 11.5 Å². The van der Waals surface area contributed by atoms with Crippen molar-refractivity contribution in [3.63, 3.8) is 0 Å². The van der Waals surface area contributed by atoms with Crippen LogP contribution in [-0.4, -0.2) is 19.0 Å². The third-order valence-corrected chi connectivity index (χ3v) is 1.97. The molecule has 16 heavy (non-hydrogen) atoms. The van der Waals surface area contributed by atoms with E-state index in [-0.39, 0.29) is 23.7 Å². The summed E-state index contributed by atoms with van der Waals surface area (Å²) in [6.45, 7) is -0.0958. The number of carbonyl (C=O) groups excluding carboxylic acids is 1. The van der Waals surface area contributed by atoms with Crippen LogP contribution in [0.25, 0.3) is 0 Å². The van der Waals surface area contributed by atoms with Crippen LogP contribution in [0.2, 0.25) is 0 Å². The number of halogens is 2. The van der Waals surface area contributed by atoms with Crippen LogP contribution < -0.4 is 9.47 Å². The van der Waals surface area contributed by atoms with Crippen molar-refractivity contribution in [1.29, 1.82) is 0 Å². The second kappa shape index (κ2) is 5.38. The number of hydrogen-bond acceptors (Lipinski definition) is 3. The second-order valence-electron chi connectivity index (χ2n) is 2.76. The fourth-order valence-corrected chi connectivity index (χ4v) is 1.20. The van der Waals surface area contributed by atoms with E-state index in [2.05, 4.69) is 5.92 Å². The Balaban J connectivity index is 3.18. The average Bonchev–Trinajstić information content (AvgIpc) is 2.26. The molecule has 0 radical (unpaired) electrons. The van der Waals surface area contributed by atoms with Crippen LogP contribution in [0.3, 0.4) is 0 Å². The van der Waals surface area contributed by atoms with E-state index in [1.54, 1.807) is 0 Å². The van der Waals surface area contributed by atoms with Gasteiger partial charge in [0.05, 0.1) is 7.11 Å². The quantitative estimate of drug-likeness (QED) is 0.600. The van der Waals surface area contributed by atoms with Gasteiger partial charge in [-0.2, -0.15) is 0 Å². The molecule has 0 atom stereocenters. The topological polar surface area (TPSA) is 35.5 Å². The van der Waals surface area contributed by atoms with Gasteiger partial charge < -0.3 is 9.47 Å². The molecule has 0 bridgehead atoms. The highest BCUT2D eigenvalue weighted by Gasteiger charge is 2.15. The van der Waals surface area contributed by atoms with Gasteiger partial charge in [0.2, 0.25) is 0 Å². The summed E-state index contributed by atoms with van der Waals surface area (Å²) in [4.78, 5) is 10.9. The lowest BCUT2D eigenvalue weighted by Crippen LogP contribution is -2.01. The molecule has 3 nitrogen and oxygen atoms in total. The molecule has 5 heteroatoms. The first-order valence-corrected chi connectivity index (χ1v) is 4.61. The summed E-state index contributed by atoms with van der Waals surface area (Å²) in [7, 11) is 1.32. The Morgan fingerprint density at radius 3 is 2.81 bits per heavy atom. The number of methoxy groups -OCH3 is 1. The first-order valence-electron chi connectivity index (χ1n) is 4.23. The predicted molar refractivity (Wildman–Crippen MR) is 57.5 cm³/mol. The summed E-state index contributed by atoms with van der Waals surface area (Å²) >= 11 is 5.23. The van der Waals surface area contributed by atoms with E-state index in [4.69, 9.17) is 27.5 Å². The fourth-order valence-electron chi connectivity index (χ4n) is 1.09. The third kappa shape index (κ3) is 2.65. The average molecular weight is 243 g/mol. The molecule has 0 spiro atoms. The number of benzene rings is 1. The Hall–Kier alpha value is -1.73. The normalized spacial score (nSPS) is 9.38. The maximum Gasteiger partial charge on any atom is 0.252 e. The molecule has 1 aromatic carbocycles. The number of terminal acetylenes is 1. The van der Waals surface area contributed by atoms with Crippen LogP contribution in [0.4, 0.5) is 4.39 Å². The fraction of sp³-hybridized carbons (Fsp3) is 0.182. The van der Waals surface area contributed by atoms with Crippen molar-refractivity contribution < 1.29 is 18.7 Å². The van der Waals surface area contributed by atoms with Crippen molar-refractivity contribution in [2.24, 2.45) is 0 Å². The smallest absolute Gasteiger partial charge is 0.252 e. The predicted octanol–water partition coefficient (Wildman–Crippen LogP) is 2.23. The SMILES string of the molecule is C#CCOc1c(F)cc(C(=O)Cl)cc1OC. The molecule has 0 fully saturated rings. The molecule has 0 amide bonds. The van der Waals surface area contributed by atoms with Crippen molar-refractivity contribution >= 4 is 16.8 Å². The van der Waals surface area contributed by atoms with Gasteiger partial charge in [-0.3, -0.25) is 4.79 Å². The van der Waals surface area contributed by atoms with Crippen LogP contribution in [0.15, 0.2) is 12.1 Å². The van der Waals surface area contributed by atoms with Crippen molar-refractivity contribution in [3.8, 4) is 23.8 Å². The highest BCUT2D eigenvalue weighted by Crippen LogP contribution is 2.32. The molecule has 0 unspecified atom stereocenters. The van der Waals surface area contributed by atoms with Gasteiger partial charge in [0.1, 0.15) is 6.61 Å². The molecule has 0 aliphatic rings. The van der Waals surface area contributed by atoms with Gasteiger partial charge in [-0.25, -0.2) is 4.39 Å². The lowest BCUT2D eigenvalue weighted by atomic mass is 10.2. The third-order valence-electron chi connectivity index (χ3n) is 1.76. The molecule has 84 valence electrons. The maximum atomic E-state index is 13.5. The molecule has 0 aliphatic heterocycles. The van der Waals surface area contributed by atoms with Crippen LogP contribution in [0, 0.1) is 18.2 Å². The van der Waals surface area contributed by atoms with Crippen molar-refractivity contribution in [2.75, 3.05) is 13.7 Å². The summed E-state index contributed by atoms with van der Waals surface area (Å²) in [6, 6.07) is 2.24. The van der Waals surface area contributed by atoms with E-state index < -0.39 is 11.1 Å². The lowest BCUT2D eigenvalue weighted by molar-refractivity contribution is 0.108. The van der Waals surface area contributed by atoms with Crippen molar-refractivity contribution in [1.82, 2.24) is 0 Å². The first kappa shape index (κ1) is 12.3. The molecule has 0 aliphatic carbocycles. The molecular formula is C11H8ClFO3. The zero-order valence-corrected chi connectivity index (χ0v) is 9.18. The molecule has 0 N–H and O–H groups in total. The van der Waals surface area contributed by atoms with Crippen LogP contribution in [0.1, 0.15) is 10.4 Å². The second-order valence-corrected chi connectivity index (χ2v) is 3.10. The molecule has 0 aromatic heterocycles. The summed E-state index contributed by atoms with van der Waals surface area (Å²) in [6.07, 6.45) is 4.98. The van der Waals surface area contributed by atoms with Crippen molar-refractivity contribution in [3.05, 3.63) is 23.5 Å². The van der Waals surface area contributed by atoms with Gasteiger partial charge in [0.25, 0.3) is 5.24 Å². The van der Waals surface area contributed by atoms with E-state index in [0.29, 0.717) is 0 Å². The minimum absolute atomic E-state index is 0.0101. The van der Waals surface area contributed by atoms with Crippen molar-refractivity contribution in [2.45, 2.75) is 0 Å². The summed E-state index contributed by atoms with van der Waals surface area (Å²) < 4.78 is 23.3. The van der Waals surface area contributed by atoms with Gasteiger partial charge in [0, 0.05) is 5.56 Å². The van der Waals surface area contributed by atoms with Gasteiger partial charge in [-0.1, -0.05) is 5.92 Å². The standard InChI is InChI=1S/C11H8ClFO3/c1-3-4-16-10-8(13)5-7(11(12)14)6-9(10)15-2/h1,5-6H,4H2,2H3. The highest BCUT2D eigenvalue weighted by molar-refractivity contribution is 6.67. The Morgan fingerprint density at radius 2 is 2.31 bits per heavy atom. The number of ether oxygens (including phenoxy) is 2. The summed E-state index contributed by atoms with van der Waals surface area (Å²) in [5.41, 5.74) is -0.0101. The largest absolute Gasteiger partial charge is 0.493 e. The Labute approximate surface area is 97.1 Å². The summed E-state index contributed by atoms with van der Waals surface area (Å²) in [5.74, 6) is 1.38. The lowest BCUT2D eigenvalue weighted by Gasteiger charge is -2.10. The summed E-state index contributed by atoms with van der Waals surface area (Å²) in [5, 5.41) is -0.777. The maximum absolute atomic E-state index is 13.5. The van der Waals surface area contributed by atoms with Gasteiger partial charge in [-0.15, -0.1) is 6.42 Å². The minimum Gasteiger partial charge on any atom is -0.493 e. The first-order chi connectivity index (χ1) is 7.60. The van der Waals surface area contributed by atoms with E-state index >= 15 is 0 Å². The zero-order chi connectivity index (χ0) is 12.1. The van der Waals surface area contributed by atoms with Crippen LogP contribution >= 0.6 is 11.6 Å². The Kier molecular flexibility index (Phi) is 4.15. The molecule has 1 rings (SSSR count). The zero-order valence-electron chi connectivity index (χ0n) is 8.42. The number of hydrogen-bond donors (Lipinski definition) is 0. The van der Waals surface area contributed by atoms with E-state index in [1.807, 2.05) is 0 Å². The molecule has 0 saturated heterocycles. The van der Waals surface area contributed by atoms with Gasteiger partial charge in [-0.05, 0) is 23.7 Å². The Bertz CT molecular complexity index is 451. The molecule has 1 aromatic rings. The van der Waals surface area contributed by atoms with Crippen LogP contribution in [-0.2, 0) is 0 Å². The molecular weight excluding hydrogens is 235 g/mol. The Morgan fingerprint density at radius 1 is 1.62 bits per heavy atom. The van der Waals surface area contributed by atoms with E-state index in [0.717, 1.165) is 6.07 Å². The van der Waals surface area contributed by atoms with Gasteiger partial charge in [0.15, 0.2) is 17.3 Å². The highest BCUT2D eigenvalue weighted by atomic mass is 35.5. The molecule has 0 heterocycles. The monoisotopic (exact) mass is 242 g/mol.